The topological polar surface area (TPSA) is 41.3 Å². The predicted octanol–water partition coefficient (Wildman–Crippen LogP) is 3.58. The molecule has 0 aliphatic carbocycles. The summed E-state index contributed by atoms with van der Waals surface area (Å²) in [4.78, 5) is 2.44. The smallest absolute Gasteiger partial charge is 0.169 e. The summed E-state index contributed by atoms with van der Waals surface area (Å²) in [6.07, 6.45) is 0.971. The van der Waals surface area contributed by atoms with Gasteiger partial charge in [-0.1, -0.05) is 48.5 Å². The summed E-state index contributed by atoms with van der Waals surface area (Å²) < 4.78 is 5.65. The molecule has 4 nitrogen and oxygen atoms in total. The maximum absolute atomic E-state index is 5.65. The predicted molar refractivity (Wildman–Crippen MR) is 97.7 cm³/mol. The third-order valence-corrected chi connectivity index (χ3v) is 4.81. The summed E-state index contributed by atoms with van der Waals surface area (Å²) in [5.41, 5.74) is 4.55. The minimum atomic E-state index is 0.317. The molecule has 1 unspecified atom stereocenters. The zero-order valence-electron chi connectivity index (χ0n) is 14.0. The van der Waals surface area contributed by atoms with Crippen LogP contribution in [0.2, 0.25) is 0 Å². The van der Waals surface area contributed by atoms with E-state index in [0.717, 1.165) is 43.9 Å². The number of anilines is 1. The lowest BCUT2D eigenvalue weighted by Crippen LogP contribution is -2.43. The van der Waals surface area contributed by atoms with Crippen molar-refractivity contribution in [3.63, 3.8) is 0 Å². The van der Waals surface area contributed by atoms with E-state index < -0.39 is 0 Å². The second kappa shape index (κ2) is 6.65. The van der Waals surface area contributed by atoms with Gasteiger partial charge in [0.25, 0.3) is 0 Å². The first-order valence-electron chi connectivity index (χ1n) is 8.71. The molecular weight excluding hydrogens is 298 g/mol. The first-order chi connectivity index (χ1) is 11.8. The van der Waals surface area contributed by atoms with Crippen LogP contribution in [0.5, 0.6) is 0 Å². The van der Waals surface area contributed by atoms with Gasteiger partial charge in [-0.3, -0.25) is 0 Å². The number of aromatic nitrogens is 1. The van der Waals surface area contributed by atoms with E-state index in [-0.39, 0.29) is 0 Å². The summed E-state index contributed by atoms with van der Waals surface area (Å²) in [7, 11) is 0. The second-order valence-corrected chi connectivity index (χ2v) is 6.55. The van der Waals surface area contributed by atoms with Gasteiger partial charge < -0.3 is 14.7 Å². The molecule has 4 rings (SSSR count). The van der Waals surface area contributed by atoms with E-state index in [2.05, 4.69) is 64.8 Å². The standard InChI is InChI=1S/C20H23N3O/c1-15(14-16-6-3-2-4-7-16)20-19-17(23-12-10-21-11-13-23)8-5-9-18(19)24-22-20/h2-9,15,21H,10-14H2,1H3. The fourth-order valence-corrected chi connectivity index (χ4v) is 3.57. The Kier molecular flexibility index (Phi) is 4.22. The lowest BCUT2D eigenvalue weighted by atomic mass is 9.95. The number of benzene rings is 2. The van der Waals surface area contributed by atoms with Gasteiger partial charge in [0.05, 0.1) is 11.1 Å². The zero-order chi connectivity index (χ0) is 16.4. The highest BCUT2D eigenvalue weighted by Crippen LogP contribution is 2.34. The number of nitrogens with zero attached hydrogens (tertiary/aromatic N) is 2. The molecule has 0 spiro atoms. The molecule has 1 aliphatic heterocycles. The van der Waals surface area contributed by atoms with Crippen molar-refractivity contribution in [3.8, 4) is 0 Å². The number of nitrogens with one attached hydrogen (secondary N) is 1. The molecule has 4 heteroatoms. The van der Waals surface area contributed by atoms with Crippen LogP contribution in [0, 0.1) is 0 Å². The lowest BCUT2D eigenvalue weighted by Gasteiger charge is -2.30. The van der Waals surface area contributed by atoms with E-state index in [9.17, 15) is 0 Å². The molecular formula is C20H23N3O. The zero-order valence-corrected chi connectivity index (χ0v) is 14.0. The van der Waals surface area contributed by atoms with Crippen LogP contribution in [-0.2, 0) is 6.42 Å². The van der Waals surface area contributed by atoms with Crippen LogP contribution in [-0.4, -0.2) is 31.3 Å². The van der Waals surface area contributed by atoms with Crippen molar-refractivity contribution >= 4 is 16.7 Å². The molecule has 1 aromatic heterocycles. The van der Waals surface area contributed by atoms with Gasteiger partial charge in [-0.15, -0.1) is 0 Å². The van der Waals surface area contributed by atoms with Crippen molar-refractivity contribution in [1.82, 2.24) is 10.5 Å². The molecule has 3 aromatic rings. The Labute approximate surface area is 142 Å². The van der Waals surface area contributed by atoms with Crippen LogP contribution in [0.15, 0.2) is 53.1 Å². The average molecular weight is 321 g/mol. The van der Waals surface area contributed by atoms with Crippen LogP contribution in [0.3, 0.4) is 0 Å². The van der Waals surface area contributed by atoms with Gasteiger partial charge in [-0.2, -0.15) is 0 Å². The molecule has 24 heavy (non-hydrogen) atoms. The summed E-state index contributed by atoms with van der Waals surface area (Å²) in [5, 5.41) is 9.03. The SMILES string of the molecule is CC(Cc1ccccc1)c1noc2cccc(N3CCNCC3)c12. The van der Waals surface area contributed by atoms with Crippen molar-refractivity contribution < 1.29 is 4.52 Å². The van der Waals surface area contributed by atoms with E-state index >= 15 is 0 Å². The van der Waals surface area contributed by atoms with Crippen molar-refractivity contribution in [1.29, 1.82) is 0 Å². The monoisotopic (exact) mass is 321 g/mol. The fraction of sp³-hybridized carbons (Fsp3) is 0.350. The van der Waals surface area contributed by atoms with Crippen molar-refractivity contribution in [2.45, 2.75) is 19.3 Å². The Morgan fingerprint density at radius 2 is 1.88 bits per heavy atom. The Morgan fingerprint density at radius 1 is 1.08 bits per heavy atom. The van der Waals surface area contributed by atoms with Gasteiger partial charge in [0.1, 0.15) is 0 Å². The third-order valence-electron chi connectivity index (χ3n) is 4.81. The van der Waals surface area contributed by atoms with Crippen LogP contribution >= 0.6 is 0 Å². The number of hydrogen-bond donors (Lipinski definition) is 1. The highest BCUT2D eigenvalue weighted by molar-refractivity contribution is 5.93. The normalized spacial score (nSPS) is 16.5. The van der Waals surface area contributed by atoms with E-state index in [4.69, 9.17) is 4.52 Å². The molecule has 1 fully saturated rings. The number of rotatable bonds is 4. The Bertz CT molecular complexity index is 806. The Morgan fingerprint density at radius 3 is 2.67 bits per heavy atom. The van der Waals surface area contributed by atoms with E-state index in [1.165, 1.54) is 16.6 Å². The lowest BCUT2D eigenvalue weighted by molar-refractivity contribution is 0.439. The molecule has 1 atom stereocenters. The minimum absolute atomic E-state index is 0.317. The van der Waals surface area contributed by atoms with Crippen molar-refractivity contribution in [3.05, 3.63) is 59.8 Å². The van der Waals surface area contributed by atoms with Crippen LogP contribution in [0.4, 0.5) is 5.69 Å². The Balaban J connectivity index is 1.70. The van der Waals surface area contributed by atoms with Crippen LogP contribution in [0.25, 0.3) is 11.0 Å². The molecule has 124 valence electrons. The summed E-state index contributed by atoms with van der Waals surface area (Å²) in [5.74, 6) is 0.317. The van der Waals surface area contributed by atoms with Gasteiger partial charge in [0.2, 0.25) is 0 Å². The minimum Gasteiger partial charge on any atom is -0.368 e. The van der Waals surface area contributed by atoms with Crippen LogP contribution < -0.4 is 10.2 Å². The first-order valence-corrected chi connectivity index (χ1v) is 8.71. The van der Waals surface area contributed by atoms with Gasteiger partial charge in [-0.25, -0.2) is 0 Å². The largest absolute Gasteiger partial charge is 0.368 e. The summed E-state index contributed by atoms with van der Waals surface area (Å²) in [6, 6.07) is 16.9. The third kappa shape index (κ3) is 2.89. The van der Waals surface area contributed by atoms with E-state index in [1.807, 2.05) is 6.07 Å². The first kappa shape index (κ1) is 15.2. The molecule has 2 aromatic carbocycles. The Hall–Kier alpha value is -2.33. The molecule has 0 radical (unpaired) electrons. The van der Waals surface area contributed by atoms with E-state index in [0.29, 0.717) is 5.92 Å². The number of hydrogen-bond acceptors (Lipinski definition) is 4. The summed E-state index contributed by atoms with van der Waals surface area (Å²) >= 11 is 0. The van der Waals surface area contributed by atoms with Gasteiger partial charge >= 0.3 is 0 Å². The number of fused-ring (bicyclic) bond motifs is 1. The van der Waals surface area contributed by atoms with E-state index in [1.54, 1.807) is 0 Å². The second-order valence-electron chi connectivity index (χ2n) is 6.55. The van der Waals surface area contributed by atoms with Gasteiger partial charge in [0, 0.05) is 37.8 Å². The molecule has 2 heterocycles. The van der Waals surface area contributed by atoms with Crippen molar-refractivity contribution in [2.24, 2.45) is 0 Å². The molecule has 1 saturated heterocycles. The quantitative estimate of drug-likeness (QED) is 0.797. The fourth-order valence-electron chi connectivity index (χ4n) is 3.57. The van der Waals surface area contributed by atoms with Crippen molar-refractivity contribution in [2.75, 3.05) is 31.1 Å². The average Bonchev–Trinajstić information content (AvgIpc) is 3.07. The van der Waals surface area contributed by atoms with Crippen LogP contribution in [0.1, 0.15) is 24.1 Å². The van der Waals surface area contributed by atoms with Gasteiger partial charge in [-0.05, 0) is 24.1 Å². The highest BCUT2D eigenvalue weighted by Gasteiger charge is 2.21. The highest BCUT2D eigenvalue weighted by atomic mass is 16.5. The molecule has 0 amide bonds. The molecule has 0 bridgehead atoms. The molecule has 1 aliphatic rings. The maximum Gasteiger partial charge on any atom is 0.169 e. The molecule has 1 N–H and O–H groups in total. The maximum atomic E-state index is 5.65. The number of piperazine rings is 1. The molecule has 0 saturated carbocycles. The summed E-state index contributed by atoms with van der Waals surface area (Å²) in [6.45, 7) is 6.33. The van der Waals surface area contributed by atoms with Gasteiger partial charge in [0.15, 0.2) is 5.58 Å².